The number of methoxy groups -OCH3 is 1. The van der Waals surface area contributed by atoms with Crippen LogP contribution in [0.2, 0.25) is 5.02 Å². The fourth-order valence-corrected chi connectivity index (χ4v) is 2.26. The molecule has 0 spiro atoms. The van der Waals surface area contributed by atoms with Gasteiger partial charge in [0.1, 0.15) is 5.75 Å². The number of ether oxygens (including phenoxy) is 1. The zero-order chi connectivity index (χ0) is 15.5. The van der Waals surface area contributed by atoms with Gasteiger partial charge in [0.2, 0.25) is 0 Å². The number of hydrogen-bond donors (Lipinski definition) is 1. The highest BCUT2D eigenvalue weighted by Gasteiger charge is 2.23. The molecule has 2 rings (SSSR count). The van der Waals surface area contributed by atoms with Gasteiger partial charge in [0.05, 0.1) is 12.6 Å². The van der Waals surface area contributed by atoms with E-state index in [0.717, 1.165) is 5.56 Å². The first-order chi connectivity index (χ1) is 9.92. The Morgan fingerprint density at radius 3 is 2.52 bits per heavy atom. The number of nitrogens with one attached hydrogen (secondary N) is 1. The van der Waals surface area contributed by atoms with Crippen molar-refractivity contribution >= 4 is 17.5 Å². The molecular formula is C17H18ClNO2. The molecule has 0 atom stereocenters. The van der Waals surface area contributed by atoms with Crippen LogP contribution in [-0.2, 0) is 5.54 Å². The molecule has 0 aliphatic carbocycles. The number of carbonyl (C=O) groups excluding carboxylic acids is 1. The lowest BCUT2D eigenvalue weighted by Gasteiger charge is -2.27. The van der Waals surface area contributed by atoms with Crippen LogP contribution < -0.4 is 10.1 Å². The van der Waals surface area contributed by atoms with E-state index in [-0.39, 0.29) is 5.91 Å². The molecule has 4 heteroatoms. The molecule has 3 nitrogen and oxygen atoms in total. The standard InChI is InChI=1S/C17H18ClNO2/c1-17(2,13-7-5-8-14(18)11-13)19-16(20)12-6-4-9-15(10-12)21-3/h4-11H,1-3H3,(H,19,20). The topological polar surface area (TPSA) is 38.3 Å². The molecule has 1 N–H and O–H groups in total. The van der Waals surface area contributed by atoms with E-state index < -0.39 is 5.54 Å². The summed E-state index contributed by atoms with van der Waals surface area (Å²) in [6.45, 7) is 3.88. The van der Waals surface area contributed by atoms with Gasteiger partial charge in [0.15, 0.2) is 0 Å². The molecule has 0 radical (unpaired) electrons. The highest BCUT2D eigenvalue weighted by atomic mass is 35.5. The minimum atomic E-state index is -0.523. The van der Waals surface area contributed by atoms with Crippen LogP contribution in [0, 0.1) is 0 Å². The molecule has 2 aromatic rings. The summed E-state index contributed by atoms with van der Waals surface area (Å²) in [5.74, 6) is 0.502. The highest BCUT2D eigenvalue weighted by molar-refractivity contribution is 6.30. The van der Waals surface area contributed by atoms with E-state index in [4.69, 9.17) is 16.3 Å². The molecule has 2 aromatic carbocycles. The number of amides is 1. The van der Waals surface area contributed by atoms with E-state index in [1.807, 2.05) is 38.1 Å². The van der Waals surface area contributed by atoms with Gasteiger partial charge in [-0.2, -0.15) is 0 Å². The summed E-state index contributed by atoms with van der Waals surface area (Å²) in [6.07, 6.45) is 0. The Hall–Kier alpha value is -2.00. The smallest absolute Gasteiger partial charge is 0.252 e. The van der Waals surface area contributed by atoms with Crippen molar-refractivity contribution in [3.05, 3.63) is 64.7 Å². The Balaban J connectivity index is 2.21. The summed E-state index contributed by atoms with van der Waals surface area (Å²) in [7, 11) is 1.58. The van der Waals surface area contributed by atoms with E-state index in [0.29, 0.717) is 16.3 Å². The zero-order valence-electron chi connectivity index (χ0n) is 12.3. The second-order valence-corrected chi connectivity index (χ2v) is 5.76. The lowest BCUT2D eigenvalue weighted by atomic mass is 9.94. The zero-order valence-corrected chi connectivity index (χ0v) is 13.1. The first-order valence-corrected chi connectivity index (χ1v) is 7.03. The molecule has 1 amide bonds. The van der Waals surface area contributed by atoms with Crippen molar-refractivity contribution in [1.29, 1.82) is 0 Å². The van der Waals surface area contributed by atoms with Crippen molar-refractivity contribution in [2.45, 2.75) is 19.4 Å². The van der Waals surface area contributed by atoms with E-state index in [2.05, 4.69) is 5.32 Å². The van der Waals surface area contributed by atoms with Gasteiger partial charge in [-0.15, -0.1) is 0 Å². The largest absolute Gasteiger partial charge is 0.497 e. The van der Waals surface area contributed by atoms with Gasteiger partial charge < -0.3 is 10.1 Å². The second kappa shape index (κ2) is 6.19. The van der Waals surface area contributed by atoms with Gasteiger partial charge in [0, 0.05) is 10.6 Å². The number of halogens is 1. The Labute approximate surface area is 129 Å². The molecule has 0 aromatic heterocycles. The number of rotatable bonds is 4. The predicted molar refractivity (Wildman–Crippen MR) is 84.9 cm³/mol. The maximum Gasteiger partial charge on any atom is 0.252 e. The maximum absolute atomic E-state index is 12.4. The molecule has 0 unspecified atom stereocenters. The summed E-state index contributed by atoms with van der Waals surface area (Å²) in [6, 6.07) is 14.5. The second-order valence-electron chi connectivity index (χ2n) is 5.32. The van der Waals surface area contributed by atoms with E-state index in [9.17, 15) is 4.79 Å². The molecule has 0 aliphatic heterocycles. The Morgan fingerprint density at radius 2 is 1.86 bits per heavy atom. The quantitative estimate of drug-likeness (QED) is 0.926. The molecule has 0 saturated carbocycles. The Kier molecular flexibility index (Phi) is 4.53. The van der Waals surface area contributed by atoms with Crippen LogP contribution in [0.15, 0.2) is 48.5 Å². The van der Waals surface area contributed by atoms with E-state index >= 15 is 0 Å². The molecule has 0 heterocycles. The van der Waals surface area contributed by atoms with Crippen LogP contribution in [-0.4, -0.2) is 13.0 Å². The minimum absolute atomic E-state index is 0.154. The van der Waals surface area contributed by atoms with Crippen LogP contribution in [0.25, 0.3) is 0 Å². The lowest BCUT2D eigenvalue weighted by molar-refractivity contribution is 0.0911. The van der Waals surface area contributed by atoms with Crippen molar-refractivity contribution in [3.8, 4) is 5.75 Å². The van der Waals surface area contributed by atoms with Crippen molar-refractivity contribution < 1.29 is 9.53 Å². The monoisotopic (exact) mass is 303 g/mol. The maximum atomic E-state index is 12.4. The van der Waals surface area contributed by atoms with Gasteiger partial charge in [-0.25, -0.2) is 0 Å². The highest BCUT2D eigenvalue weighted by Crippen LogP contribution is 2.24. The third kappa shape index (κ3) is 3.76. The summed E-state index contributed by atoms with van der Waals surface area (Å²) in [5, 5.41) is 3.66. The first kappa shape index (κ1) is 15.4. The van der Waals surface area contributed by atoms with Gasteiger partial charge in [-0.3, -0.25) is 4.79 Å². The van der Waals surface area contributed by atoms with E-state index in [1.165, 1.54) is 0 Å². The summed E-state index contributed by atoms with van der Waals surface area (Å²) in [5.41, 5.74) is 0.987. The van der Waals surface area contributed by atoms with Crippen molar-refractivity contribution in [3.63, 3.8) is 0 Å². The van der Waals surface area contributed by atoms with E-state index in [1.54, 1.807) is 31.4 Å². The number of carbonyl (C=O) groups is 1. The Bertz CT molecular complexity index is 653. The fourth-order valence-electron chi connectivity index (χ4n) is 2.07. The average Bonchev–Trinajstić information content (AvgIpc) is 2.47. The summed E-state index contributed by atoms with van der Waals surface area (Å²) < 4.78 is 5.14. The number of hydrogen-bond acceptors (Lipinski definition) is 2. The van der Waals surface area contributed by atoms with Crippen molar-refractivity contribution in [2.75, 3.05) is 7.11 Å². The van der Waals surface area contributed by atoms with Crippen molar-refractivity contribution in [1.82, 2.24) is 5.32 Å². The van der Waals surface area contributed by atoms with Crippen LogP contribution in [0.4, 0.5) is 0 Å². The fraction of sp³-hybridized carbons (Fsp3) is 0.235. The van der Waals surface area contributed by atoms with Gasteiger partial charge in [0.25, 0.3) is 5.91 Å². The van der Waals surface area contributed by atoms with Gasteiger partial charge >= 0.3 is 0 Å². The molecule has 21 heavy (non-hydrogen) atoms. The average molecular weight is 304 g/mol. The van der Waals surface area contributed by atoms with Crippen LogP contribution >= 0.6 is 11.6 Å². The van der Waals surface area contributed by atoms with Gasteiger partial charge in [-0.05, 0) is 49.7 Å². The Morgan fingerprint density at radius 1 is 1.14 bits per heavy atom. The van der Waals surface area contributed by atoms with Crippen molar-refractivity contribution in [2.24, 2.45) is 0 Å². The first-order valence-electron chi connectivity index (χ1n) is 6.65. The normalized spacial score (nSPS) is 11.0. The predicted octanol–water partition coefficient (Wildman–Crippen LogP) is 4.01. The van der Waals surface area contributed by atoms with Crippen LogP contribution in [0.1, 0.15) is 29.8 Å². The molecular weight excluding hydrogens is 286 g/mol. The number of benzene rings is 2. The SMILES string of the molecule is COc1cccc(C(=O)NC(C)(C)c2cccc(Cl)c2)c1. The minimum Gasteiger partial charge on any atom is -0.497 e. The van der Waals surface area contributed by atoms with Crippen LogP contribution in [0.3, 0.4) is 0 Å². The summed E-state index contributed by atoms with van der Waals surface area (Å²) in [4.78, 5) is 12.4. The summed E-state index contributed by atoms with van der Waals surface area (Å²) >= 11 is 6.01. The lowest BCUT2D eigenvalue weighted by Crippen LogP contribution is -2.41. The molecule has 0 bridgehead atoms. The third-order valence-corrected chi connectivity index (χ3v) is 3.54. The van der Waals surface area contributed by atoms with Gasteiger partial charge in [-0.1, -0.05) is 29.8 Å². The van der Waals surface area contributed by atoms with Crippen LogP contribution in [0.5, 0.6) is 5.75 Å². The molecule has 110 valence electrons. The molecule has 0 aliphatic rings. The molecule has 0 fully saturated rings. The molecule has 0 saturated heterocycles. The third-order valence-electron chi connectivity index (χ3n) is 3.30.